The first-order chi connectivity index (χ1) is 6.20. The van der Waals surface area contributed by atoms with Crippen LogP contribution in [0.15, 0.2) is 18.2 Å². The van der Waals surface area contributed by atoms with Gasteiger partial charge in [0.05, 0.1) is 12.7 Å². The van der Waals surface area contributed by atoms with Gasteiger partial charge in [-0.25, -0.2) is 0 Å². The molecule has 0 aromatic heterocycles. The summed E-state index contributed by atoms with van der Waals surface area (Å²) in [5.74, 6) is 0.690. The van der Waals surface area contributed by atoms with E-state index in [2.05, 4.69) is 0 Å². The first kappa shape index (κ1) is 13.0. The molecule has 1 aromatic rings. The van der Waals surface area contributed by atoms with Gasteiger partial charge < -0.3 is 21.3 Å². The van der Waals surface area contributed by atoms with Crippen molar-refractivity contribution in [3.05, 3.63) is 23.8 Å². The number of phenols is 1. The van der Waals surface area contributed by atoms with Crippen LogP contribution in [0.2, 0.25) is 0 Å². The zero-order chi connectivity index (χ0) is 9.84. The Hall–Kier alpha value is -0.970. The van der Waals surface area contributed by atoms with Gasteiger partial charge >= 0.3 is 0 Å². The molecule has 0 heterocycles. The molecule has 0 bridgehead atoms. The largest absolute Gasteiger partial charge is 0.507 e. The molecule has 14 heavy (non-hydrogen) atoms. The Bertz CT molecular complexity index is 294. The molecule has 0 aliphatic heterocycles. The molecule has 5 N–H and O–H groups in total. The zero-order valence-corrected chi connectivity index (χ0v) is 8.75. The van der Waals surface area contributed by atoms with Crippen LogP contribution in [-0.4, -0.2) is 18.8 Å². The van der Waals surface area contributed by atoms with E-state index in [9.17, 15) is 5.11 Å². The van der Waals surface area contributed by atoms with Crippen molar-refractivity contribution in [2.24, 2.45) is 11.5 Å². The summed E-state index contributed by atoms with van der Waals surface area (Å²) in [4.78, 5) is 0. The Morgan fingerprint density at radius 1 is 1.50 bits per heavy atom. The summed E-state index contributed by atoms with van der Waals surface area (Å²) in [6.45, 7) is 0.272. The molecule has 0 unspecified atom stereocenters. The van der Waals surface area contributed by atoms with Gasteiger partial charge in [-0.1, -0.05) is 6.07 Å². The van der Waals surface area contributed by atoms with Gasteiger partial charge in [-0.3, -0.25) is 0 Å². The van der Waals surface area contributed by atoms with E-state index in [1.807, 2.05) is 0 Å². The van der Waals surface area contributed by atoms with E-state index in [1.54, 1.807) is 18.2 Å². The van der Waals surface area contributed by atoms with Crippen molar-refractivity contribution in [3.8, 4) is 11.5 Å². The van der Waals surface area contributed by atoms with Crippen LogP contribution < -0.4 is 16.2 Å². The van der Waals surface area contributed by atoms with Gasteiger partial charge in [-0.15, -0.1) is 12.4 Å². The average molecular weight is 219 g/mol. The summed E-state index contributed by atoms with van der Waals surface area (Å²) in [5, 5.41) is 9.51. The predicted molar refractivity (Wildman–Crippen MR) is 57.9 cm³/mol. The third-order valence-electron chi connectivity index (χ3n) is 1.89. The first-order valence-corrected chi connectivity index (χ1v) is 4.02. The van der Waals surface area contributed by atoms with Gasteiger partial charge in [-0.05, 0) is 12.1 Å². The Balaban J connectivity index is 0.00000169. The lowest BCUT2D eigenvalue weighted by Crippen LogP contribution is -2.21. The number of hydrogen-bond donors (Lipinski definition) is 3. The Labute approximate surface area is 89.3 Å². The number of phenolic OH excluding ortho intramolecular Hbond substituents is 1. The van der Waals surface area contributed by atoms with Gasteiger partial charge in [0.2, 0.25) is 0 Å². The summed E-state index contributed by atoms with van der Waals surface area (Å²) < 4.78 is 5.05. The van der Waals surface area contributed by atoms with Gasteiger partial charge in [0.15, 0.2) is 0 Å². The van der Waals surface area contributed by atoms with Gasteiger partial charge in [0.1, 0.15) is 11.5 Å². The second-order valence-corrected chi connectivity index (χ2v) is 2.74. The van der Waals surface area contributed by atoms with Gasteiger partial charge in [-0.2, -0.15) is 0 Å². The second-order valence-electron chi connectivity index (χ2n) is 2.74. The number of rotatable bonds is 3. The maximum Gasteiger partial charge on any atom is 0.127 e. The average Bonchev–Trinajstić information content (AvgIpc) is 2.16. The minimum atomic E-state index is -0.392. The minimum Gasteiger partial charge on any atom is -0.507 e. The Morgan fingerprint density at radius 3 is 2.64 bits per heavy atom. The van der Waals surface area contributed by atoms with Crippen molar-refractivity contribution in [1.29, 1.82) is 0 Å². The fraction of sp³-hybridized carbons (Fsp3) is 0.333. The van der Waals surface area contributed by atoms with E-state index in [1.165, 1.54) is 7.11 Å². The lowest BCUT2D eigenvalue weighted by atomic mass is 10.1. The fourth-order valence-corrected chi connectivity index (χ4v) is 1.20. The quantitative estimate of drug-likeness (QED) is 0.701. The van der Waals surface area contributed by atoms with Crippen LogP contribution in [0.4, 0.5) is 0 Å². The molecular formula is C9H15ClN2O2. The number of benzene rings is 1. The van der Waals surface area contributed by atoms with Crippen molar-refractivity contribution in [1.82, 2.24) is 0 Å². The molecule has 0 radical (unpaired) electrons. The molecule has 1 atom stereocenters. The molecule has 80 valence electrons. The molecular weight excluding hydrogens is 204 g/mol. The third-order valence-corrected chi connectivity index (χ3v) is 1.89. The van der Waals surface area contributed by atoms with Crippen molar-refractivity contribution < 1.29 is 9.84 Å². The normalized spacial score (nSPS) is 11.6. The van der Waals surface area contributed by atoms with Crippen molar-refractivity contribution in [2.45, 2.75) is 6.04 Å². The third kappa shape index (κ3) is 2.51. The van der Waals surface area contributed by atoms with Crippen LogP contribution in [0.1, 0.15) is 11.6 Å². The molecule has 0 amide bonds. The minimum absolute atomic E-state index is 0. The maximum atomic E-state index is 9.51. The zero-order valence-electron chi connectivity index (χ0n) is 7.93. The Kier molecular flexibility index (Phi) is 5.30. The van der Waals surface area contributed by atoms with Crippen molar-refractivity contribution >= 4 is 12.4 Å². The predicted octanol–water partition coefficient (Wildman–Crippen LogP) is 0.781. The highest BCUT2D eigenvalue weighted by Gasteiger charge is 2.14. The number of ether oxygens (including phenoxy) is 1. The van der Waals surface area contributed by atoms with Crippen molar-refractivity contribution in [3.63, 3.8) is 0 Å². The maximum absolute atomic E-state index is 9.51. The molecule has 5 heteroatoms. The molecule has 1 rings (SSSR count). The number of halogens is 1. The lowest BCUT2D eigenvalue weighted by Gasteiger charge is -2.14. The summed E-state index contributed by atoms with van der Waals surface area (Å²) in [5.41, 5.74) is 11.7. The number of aromatic hydroxyl groups is 1. The van der Waals surface area contributed by atoms with E-state index >= 15 is 0 Å². The lowest BCUT2D eigenvalue weighted by molar-refractivity contribution is 0.394. The summed E-state index contributed by atoms with van der Waals surface area (Å²) >= 11 is 0. The molecule has 4 nitrogen and oxygen atoms in total. The highest BCUT2D eigenvalue weighted by molar-refractivity contribution is 5.85. The smallest absolute Gasteiger partial charge is 0.127 e. The molecule has 0 spiro atoms. The van der Waals surface area contributed by atoms with Crippen LogP contribution in [0, 0.1) is 0 Å². The van der Waals surface area contributed by atoms with E-state index in [0.29, 0.717) is 11.3 Å². The van der Waals surface area contributed by atoms with Crippen LogP contribution in [0.3, 0.4) is 0 Å². The molecule has 0 saturated heterocycles. The highest BCUT2D eigenvalue weighted by atomic mass is 35.5. The van der Waals surface area contributed by atoms with Gasteiger partial charge in [0.25, 0.3) is 0 Å². The fourth-order valence-electron chi connectivity index (χ4n) is 1.20. The molecule has 1 aromatic carbocycles. The van der Waals surface area contributed by atoms with E-state index in [-0.39, 0.29) is 24.7 Å². The number of nitrogens with two attached hydrogens (primary N) is 2. The molecule has 0 fully saturated rings. The van der Waals surface area contributed by atoms with Crippen LogP contribution in [0.5, 0.6) is 11.5 Å². The Morgan fingerprint density at radius 2 is 2.14 bits per heavy atom. The van der Waals surface area contributed by atoms with Crippen LogP contribution >= 0.6 is 12.4 Å². The van der Waals surface area contributed by atoms with Crippen LogP contribution in [0.25, 0.3) is 0 Å². The van der Waals surface area contributed by atoms with Crippen molar-refractivity contribution in [2.75, 3.05) is 13.7 Å². The van der Waals surface area contributed by atoms with E-state index < -0.39 is 6.04 Å². The summed E-state index contributed by atoms with van der Waals surface area (Å²) in [6, 6.07) is 4.61. The number of hydrogen-bond acceptors (Lipinski definition) is 4. The topological polar surface area (TPSA) is 81.5 Å². The SMILES string of the molecule is COc1cccc(O)c1[C@H](N)CN.Cl. The monoisotopic (exact) mass is 218 g/mol. The second kappa shape index (κ2) is 5.70. The van der Waals surface area contributed by atoms with E-state index in [4.69, 9.17) is 16.2 Å². The molecule has 0 aliphatic carbocycles. The first-order valence-electron chi connectivity index (χ1n) is 4.02. The molecule has 0 aliphatic rings. The van der Waals surface area contributed by atoms with E-state index in [0.717, 1.165) is 0 Å². The highest BCUT2D eigenvalue weighted by Crippen LogP contribution is 2.31. The number of methoxy groups -OCH3 is 1. The molecule has 0 saturated carbocycles. The van der Waals surface area contributed by atoms with Crippen LogP contribution in [-0.2, 0) is 0 Å². The van der Waals surface area contributed by atoms with Gasteiger partial charge in [0, 0.05) is 12.6 Å². The standard InChI is InChI=1S/C9H14N2O2.ClH/c1-13-8-4-2-3-7(12)9(8)6(11)5-10;/h2-4,6,12H,5,10-11H2,1H3;1H/t6-;/m1./s1. The summed E-state index contributed by atoms with van der Waals surface area (Å²) in [6.07, 6.45) is 0. The summed E-state index contributed by atoms with van der Waals surface area (Å²) in [7, 11) is 1.53.